The lowest BCUT2D eigenvalue weighted by molar-refractivity contribution is -0.146. The highest BCUT2D eigenvalue weighted by molar-refractivity contribution is 6.07. The number of aliphatic carboxylic acids is 1. The maximum atomic E-state index is 14.5. The van der Waals surface area contributed by atoms with Gasteiger partial charge in [0.05, 0.1) is 5.69 Å². The van der Waals surface area contributed by atoms with Crippen molar-refractivity contribution in [3.8, 4) is 0 Å². The second-order valence-corrected chi connectivity index (χ2v) is 6.73. The number of hydrogen-bond acceptors (Lipinski definition) is 2. The predicted molar refractivity (Wildman–Crippen MR) is 84.9 cm³/mol. The monoisotopic (exact) mass is 319 g/mol. The molecule has 1 amide bonds. The first-order valence-corrected chi connectivity index (χ1v) is 8.33. The third-order valence-electron chi connectivity index (χ3n) is 5.27. The minimum atomic E-state index is -1.10. The van der Waals surface area contributed by atoms with Crippen molar-refractivity contribution in [1.82, 2.24) is 0 Å². The van der Waals surface area contributed by atoms with Crippen LogP contribution in [0, 0.1) is 11.7 Å². The molecule has 1 atom stereocenters. The number of amides is 1. The molecule has 3 rings (SSSR count). The van der Waals surface area contributed by atoms with Crippen molar-refractivity contribution in [2.24, 2.45) is 5.92 Å². The molecule has 1 saturated carbocycles. The lowest BCUT2D eigenvalue weighted by Crippen LogP contribution is -2.41. The van der Waals surface area contributed by atoms with Gasteiger partial charge in [0.15, 0.2) is 0 Å². The molecule has 0 radical (unpaired) electrons. The van der Waals surface area contributed by atoms with Crippen LogP contribution in [0.1, 0.15) is 51.0 Å². The molecule has 2 aliphatic rings. The lowest BCUT2D eigenvalue weighted by atomic mass is 9.80. The van der Waals surface area contributed by atoms with Crippen molar-refractivity contribution >= 4 is 17.6 Å². The van der Waals surface area contributed by atoms with Crippen LogP contribution in [0.2, 0.25) is 0 Å². The number of benzene rings is 1. The van der Waals surface area contributed by atoms with Crippen LogP contribution in [0.25, 0.3) is 0 Å². The van der Waals surface area contributed by atoms with Crippen molar-refractivity contribution < 1.29 is 19.1 Å². The number of halogens is 1. The number of nitrogens with zero attached hydrogens (tertiary/aromatic N) is 1. The molecule has 1 aromatic rings. The Balaban J connectivity index is 2.01. The number of carbonyl (C=O) groups excluding carboxylic acids is 1. The first-order chi connectivity index (χ1) is 11.0. The first-order valence-electron chi connectivity index (χ1n) is 8.33. The molecule has 1 aromatic carbocycles. The largest absolute Gasteiger partial charge is 0.481 e. The Bertz CT molecular complexity index is 637. The van der Waals surface area contributed by atoms with E-state index in [9.17, 15) is 19.1 Å². The molecule has 1 spiro atoms. The van der Waals surface area contributed by atoms with Crippen LogP contribution in [0.3, 0.4) is 0 Å². The van der Waals surface area contributed by atoms with Gasteiger partial charge >= 0.3 is 5.97 Å². The molecule has 5 heteroatoms. The van der Waals surface area contributed by atoms with E-state index >= 15 is 0 Å². The van der Waals surface area contributed by atoms with Crippen LogP contribution in [-0.2, 0) is 15.0 Å². The third kappa shape index (κ3) is 2.52. The van der Waals surface area contributed by atoms with Gasteiger partial charge in [-0.25, -0.2) is 4.39 Å². The van der Waals surface area contributed by atoms with Gasteiger partial charge in [0.25, 0.3) is 0 Å². The van der Waals surface area contributed by atoms with Gasteiger partial charge in [-0.3, -0.25) is 9.59 Å². The van der Waals surface area contributed by atoms with Gasteiger partial charge in [-0.2, -0.15) is 0 Å². The van der Waals surface area contributed by atoms with Crippen molar-refractivity contribution in [3.63, 3.8) is 0 Å². The minimum absolute atomic E-state index is 0.276. The summed E-state index contributed by atoms with van der Waals surface area (Å²) in [5.41, 5.74) is 0.858. The Morgan fingerprint density at radius 3 is 2.65 bits per heavy atom. The average Bonchev–Trinajstić information content (AvgIpc) is 3.11. The summed E-state index contributed by atoms with van der Waals surface area (Å²) in [6.45, 7) is 2.27. The van der Waals surface area contributed by atoms with E-state index < -0.39 is 17.8 Å². The highest BCUT2D eigenvalue weighted by Gasteiger charge is 2.49. The molecule has 4 nitrogen and oxygen atoms in total. The van der Waals surface area contributed by atoms with Crippen molar-refractivity contribution in [2.75, 3.05) is 11.4 Å². The van der Waals surface area contributed by atoms with Crippen LogP contribution in [0.5, 0.6) is 0 Å². The first kappa shape index (κ1) is 16.0. The van der Waals surface area contributed by atoms with Gasteiger partial charge < -0.3 is 10.0 Å². The summed E-state index contributed by atoms with van der Waals surface area (Å²) in [5.74, 6) is -2.83. The van der Waals surface area contributed by atoms with E-state index in [0.29, 0.717) is 30.6 Å². The zero-order valence-electron chi connectivity index (χ0n) is 13.3. The molecule has 1 fully saturated rings. The van der Waals surface area contributed by atoms with Gasteiger partial charge in [-0.15, -0.1) is 0 Å². The Labute approximate surface area is 135 Å². The molecule has 23 heavy (non-hydrogen) atoms. The fourth-order valence-corrected chi connectivity index (χ4v) is 4.22. The smallest absolute Gasteiger partial charge is 0.316 e. The summed E-state index contributed by atoms with van der Waals surface area (Å²) in [5, 5.41) is 9.37. The van der Waals surface area contributed by atoms with Gasteiger partial charge in [-0.1, -0.05) is 32.3 Å². The standard InChI is InChI=1S/C18H22FNO3/c1-2-6-12(17(22)23)16(21)20-11-18(9-3-4-10-18)15-13(19)7-5-8-14(15)20/h5,7-8,12H,2-4,6,9-11H2,1H3,(H,22,23). The third-order valence-corrected chi connectivity index (χ3v) is 5.27. The molecule has 1 N–H and O–H groups in total. The van der Waals surface area contributed by atoms with Gasteiger partial charge in [-0.05, 0) is 31.4 Å². The predicted octanol–water partition coefficient (Wildman–Crippen LogP) is 3.49. The maximum Gasteiger partial charge on any atom is 0.316 e. The Morgan fingerprint density at radius 2 is 2.04 bits per heavy atom. The fraction of sp³-hybridized carbons (Fsp3) is 0.556. The summed E-state index contributed by atoms with van der Waals surface area (Å²) in [6, 6.07) is 4.78. The van der Waals surface area contributed by atoms with E-state index in [1.807, 2.05) is 6.92 Å². The van der Waals surface area contributed by atoms with E-state index in [1.165, 1.54) is 11.0 Å². The number of carboxylic acid groups (broad SMARTS) is 1. The Morgan fingerprint density at radius 1 is 1.35 bits per heavy atom. The molecule has 1 unspecified atom stereocenters. The van der Waals surface area contributed by atoms with Crippen LogP contribution >= 0.6 is 0 Å². The topological polar surface area (TPSA) is 57.6 Å². The summed E-state index contributed by atoms with van der Waals surface area (Å²) >= 11 is 0. The van der Waals surface area contributed by atoms with Crippen molar-refractivity contribution in [3.05, 3.63) is 29.6 Å². The number of rotatable bonds is 4. The van der Waals surface area contributed by atoms with E-state index in [4.69, 9.17) is 0 Å². The molecule has 1 aliphatic carbocycles. The van der Waals surface area contributed by atoms with Gasteiger partial charge in [0.2, 0.25) is 5.91 Å². The van der Waals surface area contributed by atoms with E-state index in [0.717, 1.165) is 25.7 Å². The van der Waals surface area contributed by atoms with Crippen molar-refractivity contribution in [1.29, 1.82) is 0 Å². The van der Waals surface area contributed by atoms with E-state index in [1.54, 1.807) is 12.1 Å². The van der Waals surface area contributed by atoms with Gasteiger partial charge in [0.1, 0.15) is 11.7 Å². The lowest BCUT2D eigenvalue weighted by Gasteiger charge is -2.26. The molecule has 1 heterocycles. The summed E-state index contributed by atoms with van der Waals surface area (Å²) in [4.78, 5) is 25.8. The van der Waals surface area contributed by atoms with E-state index in [-0.39, 0.29) is 11.2 Å². The molecular formula is C18H22FNO3. The fourth-order valence-electron chi connectivity index (χ4n) is 4.22. The highest BCUT2D eigenvalue weighted by atomic mass is 19.1. The van der Waals surface area contributed by atoms with Crippen LogP contribution in [-0.4, -0.2) is 23.5 Å². The van der Waals surface area contributed by atoms with Crippen LogP contribution in [0.4, 0.5) is 10.1 Å². The Hall–Kier alpha value is -1.91. The Kier molecular flexibility index (Phi) is 4.13. The van der Waals surface area contributed by atoms with Gasteiger partial charge in [0, 0.05) is 17.5 Å². The maximum absolute atomic E-state index is 14.5. The number of carboxylic acids is 1. The zero-order chi connectivity index (χ0) is 16.6. The molecule has 0 bridgehead atoms. The molecular weight excluding hydrogens is 297 g/mol. The summed E-state index contributed by atoms with van der Waals surface area (Å²) in [6.07, 6.45) is 4.69. The number of hydrogen-bond donors (Lipinski definition) is 1. The van der Waals surface area contributed by atoms with Crippen molar-refractivity contribution in [2.45, 2.75) is 50.9 Å². The normalized spacial score (nSPS) is 19.8. The number of fused-ring (bicyclic) bond motifs is 2. The zero-order valence-corrected chi connectivity index (χ0v) is 13.3. The highest BCUT2D eigenvalue weighted by Crippen LogP contribution is 2.51. The van der Waals surface area contributed by atoms with E-state index in [2.05, 4.69) is 0 Å². The second kappa shape index (κ2) is 5.95. The number of carbonyl (C=O) groups is 2. The summed E-state index contributed by atoms with van der Waals surface area (Å²) in [7, 11) is 0. The molecule has 1 aliphatic heterocycles. The minimum Gasteiger partial charge on any atom is -0.481 e. The molecule has 0 aromatic heterocycles. The summed E-state index contributed by atoms with van der Waals surface area (Å²) < 4.78 is 14.5. The number of anilines is 1. The van der Waals surface area contributed by atoms with Crippen LogP contribution < -0.4 is 4.90 Å². The molecule has 124 valence electrons. The molecule has 0 saturated heterocycles. The SMILES string of the molecule is CCCC(C(=O)O)C(=O)N1CC2(CCCC2)c2c(F)cccc21. The van der Waals surface area contributed by atoms with Crippen LogP contribution in [0.15, 0.2) is 18.2 Å². The second-order valence-electron chi connectivity index (χ2n) is 6.73. The quantitative estimate of drug-likeness (QED) is 0.864. The average molecular weight is 319 g/mol.